The summed E-state index contributed by atoms with van der Waals surface area (Å²) in [5.41, 5.74) is 2.73. The van der Waals surface area contributed by atoms with Crippen LogP contribution in [0.2, 0.25) is 0 Å². The Morgan fingerprint density at radius 3 is 2.66 bits per heavy atom. The summed E-state index contributed by atoms with van der Waals surface area (Å²) in [5, 5.41) is 9.41. The fraction of sp³-hybridized carbons (Fsp3) is 0.481. The molecule has 1 saturated carbocycles. The van der Waals surface area contributed by atoms with Crippen molar-refractivity contribution in [3.63, 3.8) is 0 Å². The summed E-state index contributed by atoms with van der Waals surface area (Å²) in [6.45, 7) is 1.30. The highest BCUT2D eigenvalue weighted by atomic mass is 19.1. The number of para-hydroxylation sites is 1. The first kappa shape index (κ1) is 23.6. The van der Waals surface area contributed by atoms with Crippen LogP contribution >= 0.6 is 0 Å². The lowest BCUT2D eigenvalue weighted by atomic mass is 9.81. The fourth-order valence-electron chi connectivity index (χ4n) is 6.10. The Bertz CT molecular complexity index is 1060. The number of likely N-dealkylation sites (tertiary alicyclic amines) is 1. The van der Waals surface area contributed by atoms with Gasteiger partial charge in [0.25, 0.3) is 0 Å². The van der Waals surface area contributed by atoms with Crippen molar-refractivity contribution in [1.82, 2.24) is 10.2 Å². The predicted molar refractivity (Wildman–Crippen MR) is 133 cm³/mol. The zero-order valence-electron chi connectivity index (χ0n) is 20.0. The van der Waals surface area contributed by atoms with Crippen LogP contribution in [0.1, 0.15) is 43.7 Å². The molecule has 35 heavy (non-hydrogen) atoms. The number of rotatable bonds is 5. The molecule has 0 bridgehead atoms. The maximum Gasteiger partial charge on any atom is 0.319 e. The van der Waals surface area contributed by atoms with Crippen molar-refractivity contribution in [1.29, 1.82) is 0 Å². The van der Waals surface area contributed by atoms with E-state index in [1.165, 1.54) is 24.3 Å². The highest BCUT2D eigenvalue weighted by Gasteiger charge is 2.48. The second-order valence-corrected chi connectivity index (χ2v) is 9.83. The third-order valence-corrected chi connectivity index (χ3v) is 7.71. The van der Waals surface area contributed by atoms with E-state index in [1.54, 1.807) is 7.11 Å². The van der Waals surface area contributed by atoms with E-state index in [4.69, 9.17) is 4.74 Å². The number of nitrogens with zero attached hydrogens (tertiary/aromatic N) is 1. The molecule has 0 aromatic heterocycles. The standard InChI is InChI=1S/C27H33FN4O3/c1-35-16-24-20-14-15-32(25(20)19-6-2-4-8-22(19)30-24)26(33)21-7-3-5-9-23(21)31-27(34)29-18-12-10-17(28)11-13-18/h2,4,6,8,10-13,20-21,23-25,30H,3,5,7,9,14-16H2,1H3,(H2,29,31,34)/t20-,21-,23+,24-,25-/m0/s1. The molecule has 2 heterocycles. The maximum atomic E-state index is 14.0. The highest BCUT2D eigenvalue weighted by molar-refractivity contribution is 5.90. The molecule has 3 N–H and O–H groups in total. The van der Waals surface area contributed by atoms with Gasteiger partial charge in [-0.05, 0) is 55.2 Å². The summed E-state index contributed by atoms with van der Waals surface area (Å²) in [4.78, 5) is 28.7. The number of carbonyl (C=O) groups excluding carboxylic acids is 2. The number of anilines is 2. The molecule has 0 unspecified atom stereocenters. The summed E-state index contributed by atoms with van der Waals surface area (Å²) in [6, 6.07) is 13.4. The summed E-state index contributed by atoms with van der Waals surface area (Å²) in [5.74, 6) is -0.211. The molecule has 1 saturated heterocycles. The van der Waals surface area contributed by atoms with E-state index in [9.17, 15) is 14.0 Å². The van der Waals surface area contributed by atoms with E-state index in [0.29, 0.717) is 18.8 Å². The van der Waals surface area contributed by atoms with Gasteiger partial charge in [-0.1, -0.05) is 31.0 Å². The number of benzene rings is 2. The molecule has 2 fully saturated rings. The van der Waals surface area contributed by atoms with Crippen molar-refractivity contribution >= 4 is 23.3 Å². The third-order valence-electron chi connectivity index (χ3n) is 7.71. The molecule has 2 aromatic carbocycles. The number of methoxy groups -OCH3 is 1. The molecule has 3 aliphatic rings. The zero-order chi connectivity index (χ0) is 24.4. The number of urea groups is 1. The Morgan fingerprint density at radius 2 is 1.86 bits per heavy atom. The van der Waals surface area contributed by atoms with E-state index in [0.717, 1.165) is 43.4 Å². The lowest BCUT2D eigenvalue weighted by molar-refractivity contribution is -0.138. The molecule has 186 valence electrons. The number of fused-ring (bicyclic) bond motifs is 3. The molecule has 5 rings (SSSR count). The number of hydrogen-bond donors (Lipinski definition) is 3. The van der Waals surface area contributed by atoms with E-state index in [1.807, 2.05) is 12.1 Å². The van der Waals surface area contributed by atoms with Gasteiger partial charge in [0.2, 0.25) is 5.91 Å². The molecule has 2 aliphatic heterocycles. The highest BCUT2D eigenvalue weighted by Crippen LogP contribution is 2.47. The first-order valence-electron chi connectivity index (χ1n) is 12.5. The van der Waals surface area contributed by atoms with Crippen molar-refractivity contribution < 1.29 is 18.7 Å². The molecular formula is C27H33FN4O3. The molecule has 2 aromatic rings. The van der Waals surface area contributed by atoms with Crippen molar-refractivity contribution in [3.05, 3.63) is 59.9 Å². The van der Waals surface area contributed by atoms with Crippen molar-refractivity contribution in [2.24, 2.45) is 11.8 Å². The molecule has 0 radical (unpaired) electrons. The maximum absolute atomic E-state index is 14.0. The number of amides is 3. The van der Waals surface area contributed by atoms with Gasteiger partial charge in [-0.2, -0.15) is 0 Å². The zero-order valence-corrected chi connectivity index (χ0v) is 20.0. The molecule has 5 atom stereocenters. The average molecular weight is 481 g/mol. The summed E-state index contributed by atoms with van der Waals surface area (Å²) in [7, 11) is 1.71. The third kappa shape index (κ3) is 4.85. The van der Waals surface area contributed by atoms with Gasteiger partial charge >= 0.3 is 6.03 Å². The van der Waals surface area contributed by atoms with E-state index < -0.39 is 0 Å². The van der Waals surface area contributed by atoms with Crippen LogP contribution in [-0.4, -0.2) is 49.2 Å². The second-order valence-electron chi connectivity index (χ2n) is 9.83. The smallest absolute Gasteiger partial charge is 0.319 e. The second kappa shape index (κ2) is 10.2. The topological polar surface area (TPSA) is 82.7 Å². The molecular weight excluding hydrogens is 447 g/mol. The van der Waals surface area contributed by atoms with Crippen molar-refractivity contribution in [2.45, 2.75) is 50.2 Å². The Balaban J connectivity index is 1.32. The van der Waals surface area contributed by atoms with E-state index >= 15 is 0 Å². The van der Waals surface area contributed by atoms with Crippen LogP contribution in [0.4, 0.5) is 20.6 Å². The Labute approximate surface area is 205 Å². The molecule has 0 spiro atoms. The first-order valence-corrected chi connectivity index (χ1v) is 12.5. The average Bonchev–Trinajstić information content (AvgIpc) is 3.31. The normalized spacial score (nSPS) is 27.4. The molecule has 7 nitrogen and oxygen atoms in total. The summed E-state index contributed by atoms with van der Waals surface area (Å²) in [6.07, 6.45) is 4.39. The van der Waals surface area contributed by atoms with Crippen LogP contribution < -0.4 is 16.0 Å². The van der Waals surface area contributed by atoms with Crippen LogP contribution in [-0.2, 0) is 9.53 Å². The predicted octanol–water partition coefficient (Wildman–Crippen LogP) is 4.54. The first-order chi connectivity index (χ1) is 17.0. The monoisotopic (exact) mass is 480 g/mol. The van der Waals surface area contributed by atoms with Crippen LogP contribution in [0.3, 0.4) is 0 Å². The summed E-state index contributed by atoms with van der Waals surface area (Å²) < 4.78 is 18.7. The van der Waals surface area contributed by atoms with Gasteiger partial charge in [0.05, 0.1) is 24.6 Å². The minimum atomic E-state index is -0.368. The van der Waals surface area contributed by atoms with Gasteiger partial charge in [0, 0.05) is 37.0 Å². The van der Waals surface area contributed by atoms with Gasteiger partial charge < -0.3 is 25.6 Å². The SMILES string of the molecule is COC[C@@H]1Nc2ccccc2[C@H]2[C@H]1CCN2C(=O)[C@H]1CCCC[C@H]1NC(=O)Nc1ccc(F)cc1. The Morgan fingerprint density at radius 1 is 1.09 bits per heavy atom. The van der Waals surface area contributed by atoms with Gasteiger partial charge in [-0.25, -0.2) is 9.18 Å². The van der Waals surface area contributed by atoms with Crippen LogP contribution in [0, 0.1) is 17.7 Å². The Hall–Kier alpha value is -3.13. The largest absolute Gasteiger partial charge is 0.383 e. The van der Waals surface area contributed by atoms with E-state index in [2.05, 4.69) is 33.0 Å². The molecule has 3 amide bonds. The minimum Gasteiger partial charge on any atom is -0.383 e. The van der Waals surface area contributed by atoms with Crippen molar-refractivity contribution in [3.8, 4) is 0 Å². The lowest BCUT2D eigenvalue weighted by Gasteiger charge is -2.41. The number of nitrogens with one attached hydrogen (secondary N) is 3. The summed E-state index contributed by atoms with van der Waals surface area (Å²) >= 11 is 0. The number of ether oxygens (including phenoxy) is 1. The van der Waals surface area contributed by atoms with Crippen molar-refractivity contribution in [2.75, 3.05) is 30.9 Å². The van der Waals surface area contributed by atoms with Crippen LogP contribution in [0.25, 0.3) is 0 Å². The quantitative estimate of drug-likeness (QED) is 0.587. The van der Waals surface area contributed by atoms with Gasteiger partial charge in [-0.15, -0.1) is 0 Å². The molecule has 8 heteroatoms. The fourth-order valence-corrected chi connectivity index (χ4v) is 6.10. The number of halogens is 1. The minimum absolute atomic E-state index is 0.00992. The van der Waals surface area contributed by atoms with Gasteiger partial charge in [-0.3, -0.25) is 4.79 Å². The Kier molecular flexibility index (Phi) is 6.90. The lowest BCUT2D eigenvalue weighted by Crippen LogP contribution is -2.51. The van der Waals surface area contributed by atoms with Gasteiger partial charge in [0.1, 0.15) is 5.82 Å². The number of hydrogen-bond acceptors (Lipinski definition) is 4. The molecule has 1 aliphatic carbocycles. The van der Waals surface area contributed by atoms with E-state index in [-0.39, 0.29) is 47.7 Å². The van der Waals surface area contributed by atoms with Crippen LogP contribution in [0.5, 0.6) is 0 Å². The number of carbonyl (C=O) groups is 2. The van der Waals surface area contributed by atoms with Gasteiger partial charge in [0.15, 0.2) is 0 Å². The van der Waals surface area contributed by atoms with Crippen LogP contribution in [0.15, 0.2) is 48.5 Å².